The first-order valence-corrected chi connectivity index (χ1v) is 7.03. The molecule has 6 nitrogen and oxygen atoms in total. The van der Waals surface area contributed by atoms with Gasteiger partial charge in [-0.05, 0) is 47.0 Å². The predicted octanol–water partition coefficient (Wildman–Crippen LogP) is 2.97. The fraction of sp³-hybridized carbons (Fsp3) is 0. The first-order chi connectivity index (χ1) is 9.55. The van der Waals surface area contributed by atoms with Crippen molar-refractivity contribution in [3.05, 3.63) is 70.6 Å². The summed E-state index contributed by atoms with van der Waals surface area (Å²) in [4.78, 5) is 13.9. The summed E-state index contributed by atoms with van der Waals surface area (Å²) in [6, 6.07) is 13.2. The molecule has 0 spiro atoms. The molecule has 0 bridgehead atoms. The fourth-order valence-electron chi connectivity index (χ4n) is 1.61. The van der Waals surface area contributed by atoms with Gasteiger partial charge in [-0.1, -0.05) is 18.2 Å². The van der Waals surface area contributed by atoms with Crippen LogP contribution >= 0.6 is 0 Å². The van der Waals surface area contributed by atoms with E-state index in [1.807, 2.05) is 0 Å². The minimum Gasteiger partial charge on any atom is -0.287 e. The smallest absolute Gasteiger partial charge is 0.249 e. The van der Waals surface area contributed by atoms with Gasteiger partial charge in [-0.15, -0.1) is 0 Å². The normalized spacial score (nSPS) is 10.6. The summed E-state index contributed by atoms with van der Waals surface area (Å²) in [5, 5.41) is 2.94. The SMILES string of the molecule is [N-]=[N+]=NC(=O)c1ccc(S(=O)(=O)c2ccccc2)cc1. The van der Waals surface area contributed by atoms with Crippen LogP contribution in [0.4, 0.5) is 0 Å². The molecule has 0 aliphatic heterocycles. The van der Waals surface area contributed by atoms with E-state index in [1.165, 1.54) is 36.4 Å². The largest absolute Gasteiger partial charge is 0.287 e. The monoisotopic (exact) mass is 287 g/mol. The second-order valence-electron chi connectivity index (χ2n) is 3.84. The molecule has 0 radical (unpaired) electrons. The van der Waals surface area contributed by atoms with Crippen molar-refractivity contribution in [2.45, 2.75) is 9.79 Å². The van der Waals surface area contributed by atoms with Crippen molar-refractivity contribution < 1.29 is 13.2 Å². The molecule has 100 valence electrons. The maximum Gasteiger partial charge on any atom is 0.249 e. The Labute approximate surface area is 115 Å². The Morgan fingerprint density at radius 3 is 2.05 bits per heavy atom. The van der Waals surface area contributed by atoms with E-state index in [2.05, 4.69) is 10.0 Å². The first-order valence-electron chi connectivity index (χ1n) is 5.55. The summed E-state index contributed by atoms with van der Waals surface area (Å²) in [5.74, 6) is -0.754. The molecule has 2 aromatic rings. The highest BCUT2D eigenvalue weighted by Gasteiger charge is 2.17. The maximum atomic E-state index is 12.3. The number of hydrogen-bond acceptors (Lipinski definition) is 3. The molecule has 20 heavy (non-hydrogen) atoms. The second-order valence-corrected chi connectivity index (χ2v) is 5.79. The van der Waals surface area contributed by atoms with Gasteiger partial charge in [0.25, 0.3) is 0 Å². The van der Waals surface area contributed by atoms with Crippen molar-refractivity contribution in [1.29, 1.82) is 0 Å². The van der Waals surface area contributed by atoms with Crippen LogP contribution in [0.5, 0.6) is 0 Å². The molecule has 0 N–H and O–H groups in total. The third-order valence-corrected chi connectivity index (χ3v) is 4.39. The Morgan fingerprint density at radius 1 is 0.950 bits per heavy atom. The van der Waals surface area contributed by atoms with Gasteiger partial charge >= 0.3 is 0 Å². The van der Waals surface area contributed by atoms with E-state index in [0.29, 0.717) is 0 Å². The van der Waals surface area contributed by atoms with Crippen LogP contribution < -0.4 is 0 Å². The highest BCUT2D eigenvalue weighted by Crippen LogP contribution is 2.20. The van der Waals surface area contributed by atoms with Gasteiger partial charge in [-0.3, -0.25) is 4.79 Å². The van der Waals surface area contributed by atoms with E-state index in [0.717, 1.165) is 0 Å². The molecule has 7 heteroatoms. The fourth-order valence-corrected chi connectivity index (χ4v) is 2.89. The molecule has 0 aromatic heterocycles. The van der Waals surface area contributed by atoms with Gasteiger partial charge in [-0.25, -0.2) is 8.42 Å². The van der Waals surface area contributed by atoms with Crippen molar-refractivity contribution in [2.24, 2.45) is 5.11 Å². The molecule has 2 rings (SSSR count). The minimum absolute atomic E-state index is 0.0705. The molecule has 0 unspecified atom stereocenters. The number of amides is 1. The summed E-state index contributed by atoms with van der Waals surface area (Å²) >= 11 is 0. The molecule has 0 saturated heterocycles. The third kappa shape index (κ3) is 2.69. The highest BCUT2D eigenvalue weighted by molar-refractivity contribution is 7.91. The molecule has 0 heterocycles. The predicted molar refractivity (Wildman–Crippen MR) is 71.8 cm³/mol. The third-order valence-electron chi connectivity index (χ3n) is 2.60. The lowest BCUT2D eigenvalue weighted by molar-refractivity contribution is 0.100. The number of nitrogens with zero attached hydrogens (tertiary/aromatic N) is 3. The lowest BCUT2D eigenvalue weighted by atomic mass is 10.2. The van der Waals surface area contributed by atoms with Crippen molar-refractivity contribution in [3.8, 4) is 0 Å². The van der Waals surface area contributed by atoms with E-state index in [1.54, 1.807) is 18.2 Å². The molecule has 0 aliphatic carbocycles. The summed E-state index contributed by atoms with van der Waals surface area (Å²) in [6.07, 6.45) is 0. The average molecular weight is 287 g/mol. The molecule has 2 aromatic carbocycles. The average Bonchev–Trinajstić information content (AvgIpc) is 2.48. The van der Waals surface area contributed by atoms with Crippen molar-refractivity contribution in [3.63, 3.8) is 0 Å². The zero-order chi connectivity index (χ0) is 14.6. The molecule has 1 amide bonds. The molecule has 0 aliphatic rings. The summed E-state index contributed by atoms with van der Waals surface area (Å²) in [5.41, 5.74) is 8.31. The van der Waals surface area contributed by atoms with Gasteiger partial charge < -0.3 is 0 Å². The second kappa shape index (κ2) is 5.56. The number of hydrogen-bond donors (Lipinski definition) is 0. The molecular weight excluding hydrogens is 278 g/mol. The Hall–Kier alpha value is -2.63. The zero-order valence-electron chi connectivity index (χ0n) is 10.2. The quantitative estimate of drug-likeness (QED) is 0.492. The van der Waals surface area contributed by atoms with Crippen LogP contribution in [0.2, 0.25) is 0 Å². The summed E-state index contributed by atoms with van der Waals surface area (Å²) in [7, 11) is -3.61. The Bertz CT molecular complexity index is 777. The molecule has 0 saturated carbocycles. The lowest BCUT2D eigenvalue weighted by Crippen LogP contribution is -2.02. The van der Waals surface area contributed by atoms with Crippen LogP contribution in [0, 0.1) is 0 Å². The molecular formula is C13H9N3O3S. The number of carbonyl (C=O) groups is 1. The van der Waals surface area contributed by atoms with Crippen LogP contribution in [0.1, 0.15) is 10.4 Å². The van der Waals surface area contributed by atoms with Crippen molar-refractivity contribution in [1.82, 2.24) is 0 Å². The topological polar surface area (TPSA) is 100.0 Å². The van der Waals surface area contributed by atoms with E-state index >= 15 is 0 Å². The van der Waals surface area contributed by atoms with Crippen LogP contribution in [0.25, 0.3) is 10.4 Å². The van der Waals surface area contributed by atoms with Crippen LogP contribution in [0.3, 0.4) is 0 Å². The van der Waals surface area contributed by atoms with Crippen LogP contribution in [-0.2, 0) is 9.84 Å². The summed E-state index contributed by atoms with van der Waals surface area (Å²) in [6.45, 7) is 0. The van der Waals surface area contributed by atoms with E-state index in [4.69, 9.17) is 5.53 Å². The molecule has 0 fully saturated rings. The van der Waals surface area contributed by atoms with Crippen molar-refractivity contribution in [2.75, 3.05) is 0 Å². The first kappa shape index (κ1) is 13.8. The highest BCUT2D eigenvalue weighted by atomic mass is 32.2. The number of rotatable bonds is 3. The van der Waals surface area contributed by atoms with Crippen molar-refractivity contribution >= 4 is 15.7 Å². The van der Waals surface area contributed by atoms with Crippen LogP contribution in [-0.4, -0.2) is 14.3 Å². The number of benzene rings is 2. The van der Waals surface area contributed by atoms with E-state index in [-0.39, 0.29) is 15.4 Å². The number of carbonyl (C=O) groups excluding carboxylic acids is 1. The minimum atomic E-state index is -3.61. The Kier molecular flexibility index (Phi) is 3.84. The zero-order valence-corrected chi connectivity index (χ0v) is 11.0. The maximum absolute atomic E-state index is 12.3. The Morgan fingerprint density at radius 2 is 1.50 bits per heavy atom. The van der Waals surface area contributed by atoms with E-state index in [9.17, 15) is 13.2 Å². The van der Waals surface area contributed by atoms with Gasteiger partial charge in [0, 0.05) is 10.5 Å². The van der Waals surface area contributed by atoms with Gasteiger partial charge in [0.05, 0.1) is 9.79 Å². The number of azide groups is 1. The lowest BCUT2D eigenvalue weighted by Gasteiger charge is -2.04. The standard InChI is InChI=1S/C13H9N3O3S/c14-16-15-13(17)10-6-8-12(9-7-10)20(18,19)11-4-2-1-3-5-11/h1-9H. The molecule has 0 atom stereocenters. The van der Waals surface area contributed by atoms with Gasteiger partial charge in [0.1, 0.15) is 0 Å². The van der Waals surface area contributed by atoms with E-state index < -0.39 is 15.7 Å². The number of sulfone groups is 1. The Balaban J connectivity index is 2.40. The van der Waals surface area contributed by atoms with Gasteiger partial charge in [0.2, 0.25) is 15.7 Å². The van der Waals surface area contributed by atoms with Gasteiger partial charge in [0.15, 0.2) is 0 Å². The van der Waals surface area contributed by atoms with Gasteiger partial charge in [-0.2, -0.15) is 0 Å². The summed E-state index contributed by atoms with van der Waals surface area (Å²) < 4.78 is 24.5. The van der Waals surface area contributed by atoms with Crippen LogP contribution in [0.15, 0.2) is 69.5 Å².